The van der Waals surface area contributed by atoms with Crippen molar-refractivity contribution in [1.29, 1.82) is 0 Å². The summed E-state index contributed by atoms with van der Waals surface area (Å²) in [5.41, 5.74) is 2.23. The van der Waals surface area contributed by atoms with Crippen LogP contribution in [-0.4, -0.2) is 11.1 Å². The second-order valence-corrected chi connectivity index (χ2v) is 5.14. The molecule has 3 nitrogen and oxygen atoms in total. The summed E-state index contributed by atoms with van der Waals surface area (Å²) in [6.45, 7) is 3.93. The highest BCUT2D eigenvalue weighted by atomic mass is 79.9. The van der Waals surface area contributed by atoms with Crippen molar-refractivity contribution < 1.29 is 14.6 Å². The molecule has 2 aromatic rings. The van der Waals surface area contributed by atoms with Gasteiger partial charge in [-0.3, -0.25) is 0 Å². The fourth-order valence-electron chi connectivity index (χ4n) is 1.83. The molecule has 98 valence electrons. The molecule has 19 heavy (non-hydrogen) atoms. The Morgan fingerprint density at radius 2 is 1.89 bits per heavy atom. The van der Waals surface area contributed by atoms with Crippen molar-refractivity contribution in [2.75, 3.05) is 0 Å². The van der Waals surface area contributed by atoms with Gasteiger partial charge in [0, 0.05) is 4.47 Å². The summed E-state index contributed by atoms with van der Waals surface area (Å²) in [5.74, 6) is -0.0349. The van der Waals surface area contributed by atoms with Crippen LogP contribution >= 0.6 is 15.9 Å². The van der Waals surface area contributed by atoms with Crippen LogP contribution < -0.4 is 4.74 Å². The monoisotopic (exact) mass is 320 g/mol. The predicted molar refractivity (Wildman–Crippen MR) is 77.1 cm³/mol. The third-order valence-electron chi connectivity index (χ3n) is 2.74. The molecule has 0 aromatic heterocycles. The van der Waals surface area contributed by atoms with Crippen molar-refractivity contribution in [3.05, 3.63) is 57.6 Å². The molecule has 2 aromatic carbocycles. The summed E-state index contributed by atoms with van der Waals surface area (Å²) in [6, 6.07) is 10.8. The number of hydrogen-bond donors (Lipinski definition) is 1. The first-order chi connectivity index (χ1) is 8.99. The van der Waals surface area contributed by atoms with Crippen LogP contribution in [0.15, 0.2) is 40.9 Å². The van der Waals surface area contributed by atoms with Gasteiger partial charge in [0.05, 0.1) is 0 Å². The molecule has 0 atom stereocenters. The molecule has 0 radical (unpaired) electrons. The van der Waals surface area contributed by atoms with Gasteiger partial charge < -0.3 is 9.84 Å². The Morgan fingerprint density at radius 1 is 1.16 bits per heavy atom. The fraction of sp³-hybridized carbons (Fsp3) is 0.133. The van der Waals surface area contributed by atoms with Crippen LogP contribution in [0.2, 0.25) is 0 Å². The SMILES string of the molecule is Cc1ccc(Oc2cccc(Br)c2C(=O)O)c(C)c1. The van der Waals surface area contributed by atoms with Gasteiger partial charge in [-0.25, -0.2) is 4.79 Å². The smallest absolute Gasteiger partial charge is 0.340 e. The molecule has 0 spiro atoms. The Bertz CT molecular complexity index is 635. The van der Waals surface area contributed by atoms with Crippen LogP contribution in [0, 0.1) is 13.8 Å². The Morgan fingerprint density at radius 3 is 2.53 bits per heavy atom. The topological polar surface area (TPSA) is 46.5 Å². The highest BCUT2D eigenvalue weighted by Crippen LogP contribution is 2.32. The lowest BCUT2D eigenvalue weighted by atomic mass is 10.1. The number of ether oxygens (including phenoxy) is 1. The lowest BCUT2D eigenvalue weighted by molar-refractivity contribution is 0.0693. The quantitative estimate of drug-likeness (QED) is 0.902. The van der Waals surface area contributed by atoms with E-state index in [4.69, 9.17) is 4.74 Å². The van der Waals surface area contributed by atoms with Crippen molar-refractivity contribution in [2.45, 2.75) is 13.8 Å². The van der Waals surface area contributed by atoms with Crippen LogP contribution in [0.1, 0.15) is 21.5 Å². The minimum absolute atomic E-state index is 0.127. The number of carboxylic acid groups (broad SMARTS) is 1. The molecule has 0 heterocycles. The Balaban J connectivity index is 2.44. The number of benzene rings is 2. The molecule has 0 saturated carbocycles. The van der Waals surface area contributed by atoms with E-state index in [0.29, 0.717) is 16.0 Å². The van der Waals surface area contributed by atoms with Crippen LogP contribution in [0.4, 0.5) is 0 Å². The molecule has 0 aliphatic heterocycles. The lowest BCUT2D eigenvalue weighted by Crippen LogP contribution is -2.01. The largest absolute Gasteiger partial charge is 0.478 e. The summed E-state index contributed by atoms with van der Waals surface area (Å²) in [5, 5.41) is 9.23. The summed E-state index contributed by atoms with van der Waals surface area (Å²) in [4.78, 5) is 11.3. The highest BCUT2D eigenvalue weighted by Gasteiger charge is 2.16. The van der Waals surface area contributed by atoms with Gasteiger partial charge in [-0.1, -0.05) is 23.8 Å². The van der Waals surface area contributed by atoms with Crippen LogP contribution in [0.5, 0.6) is 11.5 Å². The zero-order valence-electron chi connectivity index (χ0n) is 10.6. The molecule has 2 rings (SSSR count). The molecule has 0 aliphatic rings. The van der Waals surface area contributed by atoms with Gasteiger partial charge in [0.1, 0.15) is 17.1 Å². The first-order valence-corrected chi connectivity index (χ1v) is 6.55. The van der Waals surface area contributed by atoms with E-state index in [-0.39, 0.29) is 5.56 Å². The maximum atomic E-state index is 11.3. The molecule has 0 amide bonds. The van der Waals surface area contributed by atoms with Crippen LogP contribution in [-0.2, 0) is 0 Å². The van der Waals surface area contributed by atoms with Crippen molar-refractivity contribution in [2.24, 2.45) is 0 Å². The molecule has 0 saturated heterocycles. The number of aromatic carboxylic acids is 1. The van der Waals surface area contributed by atoms with E-state index >= 15 is 0 Å². The van der Waals surface area contributed by atoms with E-state index in [1.807, 2.05) is 32.0 Å². The van der Waals surface area contributed by atoms with Crippen molar-refractivity contribution in [3.8, 4) is 11.5 Å². The van der Waals surface area contributed by atoms with Gasteiger partial charge in [-0.05, 0) is 53.5 Å². The minimum Gasteiger partial charge on any atom is -0.478 e. The van der Waals surface area contributed by atoms with Gasteiger partial charge in [0.15, 0.2) is 0 Å². The van der Waals surface area contributed by atoms with Gasteiger partial charge >= 0.3 is 5.97 Å². The fourth-order valence-corrected chi connectivity index (χ4v) is 2.35. The number of carbonyl (C=O) groups is 1. The Kier molecular flexibility index (Phi) is 3.90. The lowest BCUT2D eigenvalue weighted by Gasteiger charge is -2.12. The number of halogens is 1. The Hall–Kier alpha value is -1.81. The Labute approximate surface area is 120 Å². The third-order valence-corrected chi connectivity index (χ3v) is 3.40. The van der Waals surface area contributed by atoms with Crippen molar-refractivity contribution >= 4 is 21.9 Å². The van der Waals surface area contributed by atoms with Crippen LogP contribution in [0.25, 0.3) is 0 Å². The number of aryl methyl sites for hydroxylation is 2. The maximum absolute atomic E-state index is 11.3. The number of carboxylic acids is 1. The van der Waals surface area contributed by atoms with E-state index in [1.54, 1.807) is 18.2 Å². The maximum Gasteiger partial charge on any atom is 0.340 e. The molecule has 4 heteroatoms. The minimum atomic E-state index is -1.02. The van der Waals surface area contributed by atoms with Crippen molar-refractivity contribution in [1.82, 2.24) is 0 Å². The van der Waals surface area contributed by atoms with E-state index in [2.05, 4.69) is 15.9 Å². The van der Waals surface area contributed by atoms with Gasteiger partial charge in [-0.15, -0.1) is 0 Å². The molecule has 0 unspecified atom stereocenters. The number of hydrogen-bond acceptors (Lipinski definition) is 2. The van der Waals surface area contributed by atoms with E-state index < -0.39 is 5.97 Å². The molecular formula is C15H13BrO3. The highest BCUT2D eigenvalue weighted by molar-refractivity contribution is 9.10. The average Bonchev–Trinajstić information content (AvgIpc) is 2.32. The zero-order chi connectivity index (χ0) is 14.0. The second-order valence-electron chi connectivity index (χ2n) is 4.29. The molecule has 0 bridgehead atoms. The first-order valence-electron chi connectivity index (χ1n) is 5.76. The standard InChI is InChI=1S/C15H13BrO3/c1-9-6-7-12(10(2)8-9)19-13-5-3-4-11(16)14(13)15(17)18/h3-8H,1-2H3,(H,17,18). The van der Waals surface area contributed by atoms with Gasteiger partial charge in [0.25, 0.3) is 0 Å². The molecule has 1 N–H and O–H groups in total. The van der Waals surface area contributed by atoms with E-state index in [0.717, 1.165) is 11.1 Å². The summed E-state index contributed by atoms with van der Waals surface area (Å²) in [6.07, 6.45) is 0. The normalized spacial score (nSPS) is 10.3. The molecular weight excluding hydrogens is 308 g/mol. The van der Waals surface area contributed by atoms with Gasteiger partial charge in [-0.2, -0.15) is 0 Å². The third kappa shape index (κ3) is 2.96. The first kappa shape index (κ1) is 13.6. The summed E-state index contributed by atoms with van der Waals surface area (Å²) >= 11 is 3.23. The van der Waals surface area contributed by atoms with Crippen molar-refractivity contribution in [3.63, 3.8) is 0 Å². The second kappa shape index (κ2) is 5.45. The summed E-state index contributed by atoms with van der Waals surface area (Å²) in [7, 11) is 0. The molecule has 0 aliphatic carbocycles. The van der Waals surface area contributed by atoms with E-state index in [1.165, 1.54) is 0 Å². The predicted octanol–water partition coefficient (Wildman–Crippen LogP) is 4.56. The van der Waals surface area contributed by atoms with Crippen LogP contribution in [0.3, 0.4) is 0 Å². The molecule has 0 fully saturated rings. The summed E-state index contributed by atoms with van der Waals surface area (Å²) < 4.78 is 6.23. The van der Waals surface area contributed by atoms with Gasteiger partial charge in [0.2, 0.25) is 0 Å². The average molecular weight is 321 g/mol. The number of rotatable bonds is 3. The zero-order valence-corrected chi connectivity index (χ0v) is 12.2. The van der Waals surface area contributed by atoms with E-state index in [9.17, 15) is 9.90 Å².